The molecular weight excluding hydrogens is 316 g/mol. The molecule has 6 nitrogen and oxygen atoms in total. The van der Waals surface area contributed by atoms with Crippen molar-refractivity contribution in [2.45, 2.75) is 26.3 Å². The molecule has 2 N–H and O–H groups in total. The minimum Gasteiger partial charge on any atom is -0.394 e. The molecule has 2 heterocycles. The van der Waals surface area contributed by atoms with Crippen molar-refractivity contribution < 1.29 is 9.90 Å². The fraction of sp³-hybridized carbons (Fsp3) is 0.316. The standard InChI is InChI=1S/C19H22N4O2/c1-13(2)10-15(12-24)22-19(25)16-11-21-23-17(8-9-20-18(16)23)14-6-4-3-5-7-14/h3-9,11,13,15,24H,10,12H2,1-2H3,(H,22,25). The summed E-state index contributed by atoms with van der Waals surface area (Å²) in [6.45, 7) is 4.02. The monoisotopic (exact) mass is 338 g/mol. The predicted molar refractivity (Wildman–Crippen MR) is 96.2 cm³/mol. The van der Waals surface area contributed by atoms with E-state index in [1.165, 1.54) is 6.20 Å². The van der Waals surface area contributed by atoms with Gasteiger partial charge in [-0.3, -0.25) is 4.79 Å². The van der Waals surface area contributed by atoms with Gasteiger partial charge in [0.1, 0.15) is 5.56 Å². The largest absolute Gasteiger partial charge is 0.394 e. The van der Waals surface area contributed by atoms with Crippen molar-refractivity contribution in [2.75, 3.05) is 6.61 Å². The molecule has 1 aromatic carbocycles. The smallest absolute Gasteiger partial charge is 0.257 e. The lowest BCUT2D eigenvalue weighted by Crippen LogP contribution is -2.38. The SMILES string of the molecule is CC(C)CC(CO)NC(=O)c1cnn2c(-c3ccccc3)ccnc12. The van der Waals surface area contributed by atoms with E-state index < -0.39 is 0 Å². The van der Waals surface area contributed by atoms with Crippen LogP contribution in [0.2, 0.25) is 0 Å². The molecule has 3 rings (SSSR count). The third kappa shape index (κ3) is 3.69. The van der Waals surface area contributed by atoms with Gasteiger partial charge in [0.15, 0.2) is 5.65 Å². The number of nitrogens with one attached hydrogen (secondary N) is 1. The Kier molecular flexibility index (Phi) is 5.09. The highest BCUT2D eigenvalue weighted by atomic mass is 16.3. The number of hydrogen-bond acceptors (Lipinski definition) is 4. The quantitative estimate of drug-likeness (QED) is 0.724. The molecule has 3 aromatic rings. The molecule has 0 radical (unpaired) electrons. The molecule has 0 saturated heterocycles. The molecule has 1 amide bonds. The summed E-state index contributed by atoms with van der Waals surface area (Å²) >= 11 is 0. The fourth-order valence-corrected chi connectivity index (χ4v) is 2.89. The van der Waals surface area contributed by atoms with Gasteiger partial charge in [0.25, 0.3) is 5.91 Å². The van der Waals surface area contributed by atoms with Crippen LogP contribution in [0.25, 0.3) is 16.9 Å². The van der Waals surface area contributed by atoms with Crippen LogP contribution in [0.5, 0.6) is 0 Å². The summed E-state index contributed by atoms with van der Waals surface area (Å²) < 4.78 is 1.67. The lowest BCUT2D eigenvalue weighted by Gasteiger charge is -2.17. The zero-order chi connectivity index (χ0) is 17.8. The highest BCUT2D eigenvalue weighted by molar-refractivity contribution is 6.00. The van der Waals surface area contributed by atoms with E-state index in [2.05, 4.69) is 29.2 Å². The average molecular weight is 338 g/mol. The average Bonchev–Trinajstić information content (AvgIpc) is 3.05. The first-order chi connectivity index (χ1) is 12.1. The molecule has 0 aliphatic heterocycles. The van der Waals surface area contributed by atoms with Gasteiger partial charge in [-0.2, -0.15) is 5.10 Å². The number of amides is 1. The van der Waals surface area contributed by atoms with E-state index in [4.69, 9.17) is 0 Å². The Hall–Kier alpha value is -2.73. The molecule has 130 valence electrons. The van der Waals surface area contributed by atoms with E-state index in [1.807, 2.05) is 36.4 Å². The minimum absolute atomic E-state index is 0.0914. The van der Waals surface area contributed by atoms with E-state index in [9.17, 15) is 9.90 Å². The second-order valence-electron chi connectivity index (χ2n) is 6.47. The van der Waals surface area contributed by atoms with Crippen molar-refractivity contribution in [3.63, 3.8) is 0 Å². The topological polar surface area (TPSA) is 79.5 Å². The van der Waals surface area contributed by atoms with E-state index in [-0.39, 0.29) is 18.6 Å². The molecule has 1 unspecified atom stereocenters. The van der Waals surface area contributed by atoms with Gasteiger partial charge < -0.3 is 10.4 Å². The molecule has 0 fully saturated rings. The zero-order valence-corrected chi connectivity index (χ0v) is 14.4. The van der Waals surface area contributed by atoms with Crippen LogP contribution >= 0.6 is 0 Å². The van der Waals surface area contributed by atoms with Crippen LogP contribution in [0, 0.1) is 5.92 Å². The maximum absolute atomic E-state index is 12.6. The Morgan fingerprint density at radius 3 is 2.68 bits per heavy atom. The van der Waals surface area contributed by atoms with E-state index >= 15 is 0 Å². The summed E-state index contributed by atoms with van der Waals surface area (Å²) in [7, 11) is 0. The molecular formula is C19H22N4O2. The van der Waals surface area contributed by atoms with Gasteiger partial charge in [0.05, 0.1) is 24.5 Å². The van der Waals surface area contributed by atoms with Crippen molar-refractivity contribution in [3.8, 4) is 11.3 Å². The maximum atomic E-state index is 12.6. The molecule has 0 bridgehead atoms. The van der Waals surface area contributed by atoms with Crippen molar-refractivity contribution in [1.82, 2.24) is 19.9 Å². The van der Waals surface area contributed by atoms with Crippen LogP contribution in [-0.2, 0) is 0 Å². The lowest BCUT2D eigenvalue weighted by molar-refractivity contribution is 0.0910. The second kappa shape index (κ2) is 7.44. The van der Waals surface area contributed by atoms with Crippen LogP contribution in [0.15, 0.2) is 48.8 Å². The van der Waals surface area contributed by atoms with Crippen molar-refractivity contribution in [3.05, 3.63) is 54.4 Å². The van der Waals surface area contributed by atoms with Crippen molar-refractivity contribution >= 4 is 11.6 Å². The summed E-state index contributed by atoms with van der Waals surface area (Å²) in [6.07, 6.45) is 3.91. The Morgan fingerprint density at radius 1 is 1.24 bits per heavy atom. The number of fused-ring (bicyclic) bond motifs is 1. The molecule has 0 aliphatic rings. The summed E-state index contributed by atoms with van der Waals surface area (Å²) in [4.78, 5) is 16.9. The first-order valence-electron chi connectivity index (χ1n) is 8.40. The number of nitrogens with zero attached hydrogens (tertiary/aromatic N) is 3. The van der Waals surface area contributed by atoms with Crippen molar-refractivity contribution in [2.24, 2.45) is 5.92 Å². The van der Waals surface area contributed by atoms with E-state index in [0.29, 0.717) is 23.5 Å². The van der Waals surface area contributed by atoms with Crippen molar-refractivity contribution in [1.29, 1.82) is 0 Å². The number of aliphatic hydroxyl groups is 1. The maximum Gasteiger partial charge on any atom is 0.257 e. The summed E-state index contributed by atoms with van der Waals surface area (Å²) in [5, 5.41) is 16.7. The molecule has 1 atom stereocenters. The summed E-state index contributed by atoms with van der Waals surface area (Å²) in [6, 6.07) is 11.4. The number of aliphatic hydroxyl groups excluding tert-OH is 1. The lowest BCUT2D eigenvalue weighted by atomic mass is 10.0. The third-order valence-corrected chi connectivity index (χ3v) is 4.03. The number of aromatic nitrogens is 3. The molecule has 0 saturated carbocycles. The van der Waals surface area contributed by atoms with Gasteiger partial charge in [-0.15, -0.1) is 0 Å². The zero-order valence-electron chi connectivity index (χ0n) is 14.4. The van der Waals surface area contributed by atoms with Gasteiger partial charge in [0.2, 0.25) is 0 Å². The predicted octanol–water partition coefficient (Wildman–Crippen LogP) is 2.53. The Balaban J connectivity index is 1.92. The molecule has 25 heavy (non-hydrogen) atoms. The van der Waals surface area contributed by atoms with Crippen LogP contribution in [0.1, 0.15) is 30.6 Å². The highest BCUT2D eigenvalue weighted by Gasteiger charge is 2.19. The van der Waals surface area contributed by atoms with Crippen LogP contribution in [0.3, 0.4) is 0 Å². The number of rotatable bonds is 6. The number of carbonyl (C=O) groups is 1. The highest BCUT2D eigenvalue weighted by Crippen LogP contribution is 2.20. The van der Waals surface area contributed by atoms with E-state index in [1.54, 1.807) is 10.7 Å². The van der Waals surface area contributed by atoms with Gasteiger partial charge >= 0.3 is 0 Å². The molecule has 0 spiro atoms. The van der Waals surface area contributed by atoms with Crippen LogP contribution < -0.4 is 5.32 Å². The summed E-state index contributed by atoms with van der Waals surface area (Å²) in [5.74, 6) is 0.108. The molecule has 2 aromatic heterocycles. The van der Waals surface area contributed by atoms with Crippen LogP contribution in [0.4, 0.5) is 0 Å². The third-order valence-electron chi connectivity index (χ3n) is 4.03. The Labute approximate surface area is 146 Å². The van der Waals surface area contributed by atoms with E-state index in [0.717, 1.165) is 11.3 Å². The Morgan fingerprint density at radius 2 is 2.00 bits per heavy atom. The van der Waals surface area contributed by atoms with Gasteiger partial charge in [-0.1, -0.05) is 44.2 Å². The second-order valence-corrected chi connectivity index (χ2v) is 6.47. The fourth-order valence-electron chi connectivity index (χ4n) is 2.89. The first kappa shape index (κ1) is 17.1. The molecule has 6 heteroatoms. The first-order valence-corrected chi connectivity index (χ1v) is 8.40. The minimum atomic E-state index is -0.278. The van der Waals surface area contributed by atoms with Gasteiger partial charge in [-0.25, -0.2) is 9.50 Å². The number of hydrogen-bond donors (Lipinski definition) is 2. The van der Waals surface area contributed by atoms with Crippen LogP contribution in [-0.4, -0.2) is 38.3 Å². The number of benzene rings is 1. The van der Waals surface area contributed by atoms with Gasteiger partial charge in [-0.05, 0) is 18.4 Å². The normalized spacial score (nSPS) is 12.5. The number of carbonyl (C=O) groups excluding carboxylic acids is 1. The molecule has 0 aliphatic carbocycles. The van der Waals surface area contributed by atoms with Gasteiger partial charge in [0, 0.05) is 11.8 Å². The summed E-state index contributed by atoms with van der Waals surface area (Å²) in [5.41, 5.74) is 2.77. The Bertz CT molecular complexity index is 858.